The highest BCUT2D eigenvalue weighted by Crippen LogP contribution is 2.42. The van der Waals surface area contributed by atoms with E-state index >= 15 is 0 Å². The zero-order valence-corrected chi connectivity index (χ0v) is 8.79. The molecule has 0 nitrogen and oxygen atoms in total. The summed E-state index contributed by atoms with van der Waals surface area (Å²) in [6.45, 7) is 4.58. The van der Waals surface area contributed by atoms with Gasteiger partial charge in [-0.3, -0.25) is 0 Å². The first-order valence-corrected chi connectivity index (χ1v) is 5.65. The summed E-state index contributed by atoms with van der Waals surface area (Å²) in [4.78, 5) is 0. The van der Waals surface area contributed by atoms with Crippen LogP contribution in [-0.2, 0) is 0 Å². The summed E-state index contributed by atoms with van der Waals surface area (Å²) in [6.07, 6.45) is 12.8. The smallest absolute Gasteiger partial charge is 0.0106 e. The van der Waals surface area contributed by atoms with Gasteiger partial charge in [-0.05, 0) is 43.9 Å². The third-order valence-electron chi connectivity index (χ3n) is 3.80. The molecule has 72 valence electrons. The van der Waals surface area contributed by atoms with Crippen LogP contribution in [0.4, 0.5) is 0 Å². The third kappa shape index (κ3) is 1.59. The van der Waals surface area contributed by atoms with Gasteiger partial charge in [-0.2, -0.15) is 0 Å². The van der Waals surface area contributed by atoms with E-state index in [1.165, 1.54) is 25.7 Å². The molecule has 0 saturated heterocycles. The molecule has 0 bridgehead atoms. The standard InChI is InChI=1S/C13H20/c1-3-12(11-7-5-8-11)13-9-4-6-10(13)2/h3-4,6,10-11,13H,5,7-9H2,1-2H3/b12-3+. The van der Waals surface area contributed by atoms with Gasteiger partial charge in [0.25, 0.3) is 0 Å². The highest BCUT2D eigenvalue weighted by molar-refractivity contribution is 5.19. The van der Waals surface area contributed by atoms with Crippen LogP contribution < -0.4 is 0 Å². The van der Waals surface area contributed by atoms with E-state index in [2.05, 4.69) is 32.1 Å². The molecule has 1 fully saturated rings. The Kier molecular flexibility index (Phi) is 2.57. The monoisotopic (exact) mass is 176 g/mol. The maximum absolute atomic E-state index is 2.39. The molecule has 2 aliphatic rings. The van der Waals surface area contributed by atoms with Gasteiger partial charge in [0.2, 0.25) is 0 Å². The summed E-state index contributed by atoms with van der Waals surface area (Å²) in [5.74, 6) is 2.57. The van der Waals surface area contributed by atoms with E-state index in [0.717, 1.165) is 17.8 Å². The number of hydrogen-bond donors (Lipinski definition) is 0. The van der Waals surface area contributed by atoms with Crippen molar-refractivity contribution in [3.63, 3.8) is 0 Å². The van der Waals surface area contributed by atoms with Crippen molar-refractivity contribution in [2.24, 2.45) is 17.8 Å². The maximum Gasteiger partial charge on any atom is -0.0106 e. The first-order valence-electron chi connectivity index (χ1n) is 5.65. The Balaban J connectivity index is 2.04. The molecule has 0 heterocycles. The van der Waals surface area contributed by atoms with Gasteiger partial charge in [0.15, 0.2) is 0 Å². The molecule has 0 aliphatic heterocycles. The first-order chi connectivity index (χ1) is 6.33. The van der Waals surface area contributed by atoms with Crippen molar-refractivity contribution in [2.45, 2.75) is 39.5 Å². The Morgan fingerprint density at radius 3 is 2.54 bits per heavy atom. The lowest BCUT2D eigenvalue weighted by molar-refractivity contribution is 0.321. The number of allylic oxidation sites excluding steroid dienone is 4. The van der Waals surface area contributed by atoms with E-state index in [1.54, 1.807) is 5.57 Å². The van der Waals surface area contributed by atoms with E-state index in [4.69, 9.17) is 0 Å². The summed E-state index contributed by atoms with van der Waals surface area (Å²) < 4.78 is 0. The highest BCUT2D eigenvalue weighted by atomic mass is 14.3. The van der Waals surface area contributed by atoms with E-state index in [1.807, 2.05) is 0 Å². The maximum atomic E-state index is 2.39. The zero-order chi connectivity index (χ0) is 9.26. The van der Waals surface area contributed by atoms with Crippen LogP contribution in [0.2, 0.25) is 0 Å². The fourth-order valence-electron chi connectivity index (χ4n) is 2.72. The minimum atomic E-state index is 0.784. The minimum absolute atomic E-state index is 0.784. The molecule has 1 saturated carbocycles. The Labute approximate surface area is 81.7 Å². The van der Waals surface area contributed by atoms with Crippen molar-refractivity contribution in [1.29, 1.82) is 0 Å². The molecule has 0 amide bonds. The van der Waals surface area contributed by atoms with Crippen molar-refractivity contribution >= 4 is 0 Å². The lowest BCUT2D eigenvalue weighted by Crippen LogP contribution is -2.21. The van der Waals surface area contributed by atoms with Gasteiger partial charge in [-0.25, -0.2) is 0 Å². The van der Waals surface area contributed by atoms with Crippen LogP contribution in [0.5, 0.6) is 0 Å². The molecule has 2 rings (SSSR count). The van der Waals surface area contributed by atoms with Crippen LogP contribution in [0, 0.1) is 17.8 Å². The molecular formula is C13H20. The van der Waals surface area contributed by atoms with Gasteiger partial charge in [-0.1, -0.05) is 37.1 Å². The molecule has 0 N–H and O–H groups in total. The zero-order valence-electron chi connectivity index (χ0n) is 8.79. The molecular weight excluding hydrogens is 156 g/mol. The quantitative estimate of drug-likeness (QED) is 0.559. The second-order valence-corrected chi connectivity index (χ2v) is 4.55. The average Bonchev–Trinajstić information content (AvgIpc) is 2.43. The molecule has 2 atom stereocenters. The van der Waals surface area contributed by atoms with Crippen LogP contribution in [0.1, 0.15) is 39.5 Å². The van der Waals surface area contributed by atoms with Gasteiger partial charge < -0.3 is 0 Å². The lowest BCUT2D eigenvalue weighted by Gasteiger charge is -2.33. The minimum Gasteiger partial charge on any atom is -0.0879 e. The Hall–Kier alpha value is -0.520. The second kappa shape index (κ2) is 3.69. The van der Waals surface area contributed by atoms with Crippen LogP contribution in [0.15, 0.2) is 23.8 Å². The Bertz CT molecular complexity index is 230. The molecule has 2 unspecified atom stereocenters. The molecule has 0 aromatic heterocycles. The van der Waals surface area contributed by atoms with Crippen LogP contribution >= 0.6 is 0 Å². The summed E-state index contributed by atoms with van der Waals surface area (Å²) >= 11 is 0. The Morgan fingerprint density at radius 1 is 1.38 bits per heavy atom. The number of rotatable bonds is 2. The lowest BCUT2D eigenvalue weighted by atomic mass is 9.72. The predicted molar refractivity (Wildman–Crippen MR) is 57.5 cm³/mol. The van der Waals surface area contributed by atoms with E-state index in [9.17, 15) is 0 Å². The predicted octanol–water partition coefficient (Wildman–Crippen LogP) is 3.95. The van der Waals surface area contributed by atoms with Crippen LogP contribution in [0.25, 0.3) is 0 Å². The van der Waals surface area contributed by atoms with Gasteiger partial charge in [0.1, 0.15) is 0 Å². The van der Waals surface area contributed by atoms with Crippen LogP contribution in [-0.4, -0.2) is 0 Å². The second-order valence-electron chi connectivity index (χ2n) is 4.55. The van der Waals surface area contributed by atoms with Gasteiger partial charge >= 0.3 is 0 Å². The summed E-state index contributed by atoms with van der Waals surface area (Å²) in [5, 5.41) is 0. The van der Waals surface area contributed by atoms with Crippen molar-refractivity contribution in [2.75, 3.05) is 0 Å². The van der Waals surface area contributed by atoms with E-state index < -0.39 is 0 Å². The number of hydrogen-bond acceptors (Lipinski definition) is 0. The topological polar surface area (TPSA) is 0 Å². The molecule has 0 heteroatoms. The fraction of sp³-hybridized carbons (Fsp3) is 0.692. The molecule has 13 heavy (non-hydrogen) atoms. The van der Waals surface area contributed by atoms with Gasteiger partial charge in [-0.15, -0.1) is 0 Å². The summed E-state index contributed by atoms with van der Waals surface area (Å²) in [6, 6.07) is 0. The molecule has 2 aliphatic carbocycles. The fourth-order valence-corrected chi connectivity index (χ4v) is 2.72. The van der Waals surface area contributed by atoms with Gasteiger partial charge in [0, 0.05) is 0 Å². The summed E-state index contributed by atoms with van der Waals surface area (Å²) in [5.41, 5.74) is 1.75. The highest BCUT2D eigenvalue weighted by Gasteiger charge is 2.30. The van der Waals surface area contributed by atoms with Crippen molar-refractivity contribution in [1.82, 2.24) is 0 Å². The SMILES string of the molecule is C/C=C(\C1CCC1)C1CC=CC1C. The molecule has 0 spiro atoms. The Morgan fingerprint density at radius 2 is 2.15 bits per heavy atom. The third-order valence-corrected chi connectivity index (χ3v) is 3.80. The average molecular weight is 176 g/mol. The summed E-state index contributed by atoms with van der Waals surface area (Å²) in [7, 11) is 0. The van der Waals surface area contributed by atoms with Crippen molar-refractivity contribution < 1.29 is 0 Å². The van der Waals surface area contributed by atoms with Crippen LogP contribution in [0.3, 0.4) is 0 Å². The van der Waals surface area contributed by atoms with Gasteiger partial charge in [0.05, 0.1) is 0 Å². The normalized spacial score (nSPS) is 35.1. The molecule has 0 aromatic carbocycles. The van der Waals surface area contributed by atoms with E-state index in [-0.39, 0.29) is 0 Å². The molecule has 0 radical (unpaired) electrons. The van der Waals surface area contributed by atoms with E-state index in [0.29, 0.717) is 0 Å². The first kappa shape index (κ1) is 9.05. The van der Waals surface area contributed by atoms with Crippen molar-refractivity contribution in [3.05, 3.63) is 23.8 Å². The molecule has 0 aromatic rings. The largest absolute Gasteiger partial charge is 0.0879 e. The van der Waals surface area contributed by atoms with Crippen molar-refractivity contribution in [3.8, 4) is 0 Å².